The molecule has 2 rings (SSSR count). The monoisotopic (exact) mass is 383 g/mol. The molecule has 1 fully saturated rings. The molecule has 0 spiro atoms. The second-order valence-electron chi connectivity index (χ2n) is 6.75. The summed E-state index contributed by atoms with van der Waals surface area (Å²) in [5, 5.41) is 0. The van der Waals surface area contributed by atoms with Crippen molar-refractivity contribution in [3.8, 4) is 5.75 Å². The first-order chi connectivity index (χ1) is 12.6. The average Bonchev–Trinajstić information content (AvgIpc) is 2.68. The number of hydrogen-bond acceptors (Lipinski definition) is 4. The molecule has 0 bridgehead atoms. The normalized spacial score (nSPS) is 19.3. The number of benzene rings is 1. The van der Waals surface area contributed by atoms with Gasteiger partial charge < -0.3 is 14.2 Å². The maximum atomic E-state index is 12.7. The molecule has 26 heavy (non-hydrogen) atoms. The molecule has 0 radical (unpaired) electrons. The zero-order valence-electron chi connectivity index (χ0n) is 16.5. The summed E-state index contributed by atoms with van der Waals surface area (Å²) in [4.78, 5) is 0. The summed E-state index contributed by atoms with van der Waals surface area (Å²) >= 11 is 0. The van der Waals surface area contributed by atoms with E-state index >= 15 is 0 Å². The molecule has 6 heteroatoms. The second-order valence-corrected chi connectivity index (χ2v) is 8.26. The van der Waals surface area contributed by atoms with Crippen molar-refractivity contribution in [2.24, 2.45) is 0 Å². The Balaban J connectivity index is 1.98. The SMILES string of the molecule is CCC(OC)C(CC)Oc1cccc(CS(=O)N(C)C2CCOCC2)c1. The van der Waals surface area contributed by atoms with Crippen LogP contribution in [0.25, 0.3) is 0 Å². The number of nitrogens with zero attached hydrogens (tertiary/aromatic N) is 1. The van der Waals surface area contributed by atoms with Crippen LogP contribution in [0.15, 0.2) is 24.3 Å². The Hall–Kier alpha value is -0.950. The van der Waals surface area contributed by atoms with Crippen molar-refractivity contribution < 1.29 is 18.4 Å². The Labute approximate surface area is 160 Å². The molecule has 0 saturated carbocycles. The maximum absolute atomic E-state index is 12.7. The van der Waals surface area contributed by atoms with Crippen molar-refractivity contribution in [2.45, 2.75) is 63.5 Å². The molecule has 0 amide bonds. The molecule has 1 aromatic rings. The second kappa shape index (κ2) is 11.0. The Bertz CT molecular complexity index is 558. The van der Waals surface area contributed by atoms with Gasteiger partial charge in [-0.05, 0) is 43.4 Å². The third kappa shape index (κ3) is 6.05. The lowest BCUT2D eigenvalue weighted by Gasteiger charge is -2.30. The highest BCUT2D eigenvalue weighted by Gasteiger charge is 2.23. The molecule has 1 aromatic carbocycles. The highest BCUT2D eigenvalue weighted by atomic mass is 32.2. The van der Waals surface area contributed by atoms with Crippen LogP contribution in [-0.2, 0) is 26.2 Å². The largest absolute Gasteiger partial charge is 0.488 e. The number of methoxy groups -OCH3 is 1. The van der Waals surface area contributed by atoms with Crippen LogP contribution in [0.2, 0.25) is 0 Å². The summed E-state index contributed by atoms with van der Waals surface area (Å²) in [5.74, 6) is 1.32. The summed E-state index contributed by atoms with van der Waals surface area (Å²) in [7, 11) is 2.63. The van der Waals surface area contributed by atoms with Crippen molar-refractivity contribution in [3.05, 3.63) is 29.8 Å². The van der Waals surface area contributed by atoms with Gasteiger partial charge in [-0.25, -0.2) is 8.51 Å². The van der Waals surface area contributed by atoms with Crippen LogP contribution in [0.5, 0.6) is 5.75 Å². The topological polar surface area (TPSA) is 48.0 Å². The minimum atomic E-state index is -1.05. The molecule has 1 saturated heterocycles. The third-order valence-corrected chi connectivity index (χ3v) is 6.55. The van der Waals surface area contributed by atoms with E-state index in [-0.39, 0.29) is 12.2 Å². The smallest absolute Gasteiger partial charge is 0.124 e. The molecule has 1 aliphatic heterocycles. The van der Waals surface area contributed by atoms with Crippen molar-refractivity contribution in [2.75, 3.05) is 27.4 Å². The molecule has 0 aliphatic carbocycles. The van der Waals surface area contributed by atoms with Crippen molar-refractivity contribution in [1.82, 2.24) is 4.31 Å². The summed E-state index contributed by atoms with van der Waals surface area (Å²) in [6.07, 6.45) is 3.79. The van der Waals surface area contributed by atoms with Crippen molar-refractivity contribution in [3.63, 3.8) is 0 Å². The summed E-state index contributed by atoms with van der Waals surface area (Å²) in [5.41, 5.74) is 1.03. The van der Waals surface area contributed by atoms with E-state index < -0.39 is 11.0 Å². The van der Waals surface area contributed by atoms with E-state index in [0.717, 1.165) is 50.2 Å². The standard InChI is InChI=1S/C20H33NO4S/c1-5-19(23-4)20(6-2)25-18-9-7-8-16(14-18)15-26(22)21(3)17-10-12-24-13-11-17/h7-9,14,17,19-20H,5-6,10-13,15H2,1-4H3. The summed E-state index contributed by atoms with van der Waals surface area (Å²) in [6.45, 7) is 5.72. The quantitative estimate of drug-likeness (QED) is 0.620. The van der Waals surface area contributed by atoms with Gasteiger partial charge in [-0.15, -0.1) is 0 Å². The van der Waals surface area contributed by atoms with Gasteiger partial charge in [-0.3, -0.25) is 0 Å². The van der Waals surface area contributed by atoms with E-state index in [9.17, 15) is 4.21 Å². The fourth-order valence-corrected chi connectivity index (χ4v) is 4.56. The van der Waals surface area contributed by atoms with Gasteiger partial charge in [-0.1, -0.05) is 26.0 Å². The van der Waals surface area contributed by atoms with Gasteiger partial charge >= 0.3 is 0 Å². The first kappa shape index (κ1) is 21.4. The minimum Gasteiger partial charge on any atom is -0.488 e. The van der Waals surface area contributed by atoms with Gasteiger partial charge in [0.05, 0.1) is 22.8 Å². The summed E-state index contributed by atoms with van der Waals surface area (Å²) < 4.78 is 31.8. The fourth-order valence-electron chi connectivity index (χ4n) is 3.35. The molecule has 1 heterocycles. The van der Waals surface area contributed by atoms with Gasteiger partial charge in [0, 0.05) is 33.4 Å². The van der Waals surface area contributed by atoms with Crippen LogP contribution in [-0.4, -0.2) is 54.1 Å². The third-order valence-electron chi connectivity index (χ3n) is 5.02. The molecule has 1 aliphatic rings. The van der Waals surface area contributed by atoms with Gasteiger partial charge in [0.1, 0.15) is 11.9 Å². The Morgan fingerprint density at radius 1 is 1.23 bits per heavy atom. The first-order valence-corrected chi connectivity index (χ1v) is 10.8. The van der Waals surface area contributed by atoms with Gasteiger partial charge in [-0.2, -0.15) is 0 Å². The van der Waals surface area contributed by atoms with Crippen LogP contribution in [0.4, 0.5) is 0 Å². The maximum Gasteiger partial charge on any atom is 0.124 e. The van der Waals surface area contributed by atoms with E-state index in [1.807, 2.05) is 35.6 Å². The molecule has 0 N–H and O–H groups in total. The van der Waals surface area contributed by atoms with Crippen molar-refractivity contribution in [1.29, 1.82) is 0 Å². The van der Waals surface area contributed by atoms with Crippen molar-refractivity contribution >= 4 is 11.0 Å². The molecular formula is C20H33NO4S. The molecule has 3 unspecified atom stereocenters. The lowest BCUT2D eigenvalue weighted by atomic mass is 10.1. The summed E-state index contributed by atoms with van der Waals surface area (Å²) in [6, 6.07) is 8.27. The highest BCUT2D eigenvalue weighted by Crippen LogP contribution is 2.22. The number of hydrogen-bond donors (Lipinski definition) is 0. The lowest BCUT2D eigenvalue weighted by molar-refractivity contribution is -0.00154. The van der Waals surface area contributed by atoms with Gasteiger partial charge in [0.15, 0.2) is 0 Å². The fraction of sp³-hybridized carbons (Fsp3) is 0.700. The number of rotatable bonds is 10. The predicted molar refractivity (Wildman–Crippen MR) is 106 cm³/mol. The van der Waals surface area contributed by atoms with E-state index in [0.29, 0.717) is 11.8 Å². The van der Waals surface area contributed by atoms with Crippen LogP contribution < -0.4 is 4.74 Å². The Morgan fingerprint density at radius 2 is 1.92 bits per heavy atom. The lowest BCUT2D eigenvalue weighted by Crippen LogP contribution is -2.38. The number of ether oxygens (including phenoxy) is 3. The van der Waals surface area contributed by atoms with Gasteiger partial charge in [0.2, 0.25) is 0 Å². The predicted octanol–water partition coefficient (Wildman–Crippen LogP) is 3.54. The van der Waals surface area contributed by atoms with E-state index in [1.165, 1.54) is 0 Å². The zero-order valence-corrected chi connectivity index (χ0v) is 17.3. The van der Waals surface area contributed by atoms with E-state index in [2.05, 4.69) is 13.8 Å². The van der Waals surface area contributed by atoms with Gasteiger partial charge in [0.25, 0.3) is 0 Å². The average molecular weight is 384 g/mol. The first-order valence-electron chi connectivity index (χ1n) is 9.56. The molecule has 148 valence electrons. The molecular weight excluding hydrogens is 350 g/mol. The van der Waals surface area contributed by atoms with Crippen LogP contribution in [0.1, 0.15) is 45.1 Å². The van der Waals surface area contributed by atoms with E-state index in [1.54, 1.807) is 7.11 Å². The van der Waals surface area contributed by atoms with Crippen LogP contribution in [0.3, 0.4) is 0 Å². The zero-order chi connectivity index (χ0) is 18.9. The Kier molecular flexibility index (Phi) is 9.05. The van der Waals surface area contributed by atoms with Crippen LogP contribution in [0, 0.1) is 0 Å². The van der Waals surface area contributed by atoms with Crippen LogP contribution >= 0.6 is 0 Å². The molecule has 3 atom stereocenters. The minimum absolute atomic E-state index is 0.0238. The van der Waals surface area contributed by atoms with E-state index in [4.69, 9.17) is 14.2 Å². The molecule has 5 nitrogen and oxygen atoms in total. The molecule has 0 aromatic heterocycles. The Morgan fingerprint density at radius 3 is 2.54 bits per heavy atom. The highest BCUT2D eigenvalue weighted by molar-refractivity contribution is 7.81.